The van der Waals surface area contributed by atoms with Gasteiger partial charge in [-0.1, -0.05) is 19.1 Å². The molecule has 2 aromatic carbocycles. The third-order valence-corrected chi connectivity index (χ3v) is 5.48. The number of amides is 1. The van der Waals surface area contributed by atoms with Crippen molar-refractivity contribution < 1.29 is 27.5 Å². The van der Waals surface area contributed by atoms with Crippen LogP contribution in [0.25, 0.3) is 0 Å². The number of hydrogen-bond donors (Lipinski definition) is 1. The molecule has 3 rings (SSSR count). The van der Waals surface area contributed by atoms with Crippen LogP contribution in [0, 0.1) is 11.3 Å². The maximum Gasteiger partial charge on any atom is 0.416 e. The summed E-state index contributed by atoms with van der Waals surface area (Å²) in [6, 6.07) is 12.2. The van der Waals surface area contributed by atoms with Crippen molar-refractivity contribution in [1.29, 1.82) is 5.26 Å². The molecule has 0 atom stereocenters. The van der Waals surface area contributed by atoms with Gasteiger partial charge in [0.15, 0.2) is 5.78 Å². The number of anilines is 3. The third kappa shape index (κ3) is 5.57. The number of para-hydroxylation sites is 2. The number of nitrogens with zero attached hydrogens (tertiary/aromatic N) is 3. The monoisotopic (exact) mass is 486 g/mol. The number of alkyl halides is 3. The molecule has 1 aliphatic heterocycles. The highest BCUT2D eigenvalue weighted by molar-refractivity contribution is 6.04. The first kappa shape index (κ1) is 25.6. The first-order valence-electron chi connectivity index (χ1n) is 11.0. The van der Waals surface area contributed by atoms with Crippen LogP contribution in [-0.2, 0) is 15.8 Å². The number of carbonyl (C=O) groups excluding carboxylic acids is 2. The van der Waals surface area contributed by atoms with Gasteiger partial charge in [0.1, 0.15) is 23.2 Å². The quantitative estimate of drug-likeness (QED) is 0.413. The summed E-state index contributed by atoms with van der Waals surface area (Å²) in [5.74, 6) is -0.716. The summed E-state index contributed by atoms with van der Waals surface area (Å²) in [6.07, 6.45) is -4.58. The lowest BCUT2D eigenvalue weighted by molar-refractivity contribution is -0.137. The fourth-order valence-corrected chi connectivity index (χ4v) is 3.76. The van der Waals surface area contributed by atoms with E-state index in [0.29, 0.717) is 12.2 Å². The van der Waals surface area contributed by atoms with E-state index in [1.54, 1.807) is 23.9 Å². The van der Waals surface area contributed by atoms with Crippen molar-refractivity contribution in [1.82, 2.24) is 0 Å². The molecule has 1 amide bonds. The highest BCUT2D eigenvalue weighted by Crippen LogP contribution is 2.40. The molecule has 0 fully saturated rings. The zero-order chi connectivity index (χ0) is 25.8. The fraction of sp³-hybridized carbons (Fsp3) is 0.320. The van der Waals surface area contributed by atoms with Gasteiger partial charge in [-0.2, -0.15) is 18.4 Å². The number of rotatable bonds is 8. The van der Waals surface area contributed by atoms with Crippen molar-refractivity contribution in [3.05, 3.63) is 59.4 Å². The van der Waals surface area contributed by atoms with Crippen LogP contribution in [0.1, 0.15) is 31.7 Å². The first-order chi connectivity index (χ1) is 16.6. The van der Waals surface area contributed by atoms with Crippen molar-refractivity contribution in [2.45, 2.75) is 32.4 Å². The Morgan fingerprint density at radius 3 is 2.23 bits per heavy atom. The van der Waals surface area contributed by atoms with E-state index in [0.717, 1.165) is 29.6 Å². The molecule has 0 spiro atoms. The predicted molar refractivity (Wildman–Crippen MR) is 126 cm³/mol. The summed E-state index contributed by atoms with van der Waals surface area (Å²) in [5, 5.41) is 12.1. The Kier molecular flexibility index (Phi) is 7.69. The van der Waals surface area contributed by atoms with Gasteiger partial charge in [0.2, 0.25) is 5.91 Å². The lowest BCUT2D eigenvalue weighted by Gasteiger charge is -2.20. The summed E-state index contributed by atoms with van der Waals surface area (Å²) in [6.45, 7) is 2.10. The Morgan fingerprint density at radius 1 is 1.06 bits per heavy atom. The summed E-state index contributed by atoms with van der Waals surface area (Å²) < 4.78 is 44.9. The van der Waals surface area contributed by atoms with E-state index in [-0.39, 0.29) is 36.5 Å². The van der Waals surface area contributed by atoms with Gasteiger partial charge in [-0.3, -0.25) is 9.59 Å². The van der Waals surface area contributed by atoms with Gasteiger partial charge in [0.25, 0.3) is 0 Å². The molecule has 2 aromatic rings. The molecule has 0 saturated heterocycles. The van der Waals surface area contributed by atoms with E-state index in [9.17, 15) is 28.0 Å². The standard InChI is InChI=1S/C25H25F3N4O3/c1-4-13-35-22-11-9-16(25(26,27)28)14-18(22)30-23(34)12-10-21(33)17(15-29)24-31(2)19-7-5-6-8-20(19)32(24)3/h5-9,11,14H,4,10,12-13H2,1-3H3,(H,30,34). The van der Waals surface area contributed by atoms with Crippen molar-refractivity contribution in [2.75, 3.05) is 35.8 Å². The molecule has 0 saturated carbocycles. The van der Waals surface area contributed by atoms with E-state index in [2.05, 4.69) is 5.32 Å². The van der Waals surface area contributed by atoms with E-state index in [4.69, 9.17) is 4.74 Å². The summed E-state index contributed by atoms with van der Waals surface area (Å²) >= 11 is 0. The second-order valence-electron chi connectivity index (χ2n) is 7.95. The number of fused-ring (bicyclic) bond motifs is 1. The summed E-state index contributed by atoms with van der Waals surface area (Å²) in [7, 11) is 3.47. The number of halogens is 3. The van der Waals surface area contributed by atoms with Crippen LogP contribution in [-0.4, -0.2) is 32.4 Å². The maximum atomic E-state index is 13.1. The summed E-state index contributed by atoms with van der Waals surface area (Å²) in [4.78, 5) is 28.8. The molecule has 0 aromatic heterocycles. The highest BCUT2D eigenvalue weighted by Gasteiger charge is 2.32. The van der Waals surface area contributed by atoms with Crippen LogP contribution < -0.4 is 19.9 Å². The van der Waals surface area contributed by atoms with Crippen molar-refractivity contribution in [3.8, 4) is 11.8 Å². The number of carbonyl (C=O) groups is 2. The predicted octanol–water partition coefficient (Wildman–Crippen LogP) is 5.10. The Bertz CT molecular complexity index is 1170. The average Bonchev–Trinajstić information content (AvgIpc) is 3.07. The van der Waals surface area contributed by atoms with Gasteiger partial charge in [-0.25, -0.2) is 0 Å². The molecule has 184 valence electrons. The molecule has 0 unspecified atom stereocenters. The molecule has 1 aliphatic rings. The number of nitriles is 1. The van der Waals surface area contributed by atoms with Crippen LogP contribution in [0.5, 0.6) is 5.75 Å². The molecule has 35 heavy (non-hydrogen) atoms. The van der Waals surface area contributed by atoms with Gasteiger partial charge in [0, 0.05) is 26.9 Å². The van der Waals surface area contributed by atoms with E-state index in [1.807, 2.05) is 37.3 Å². The lowest BCUT2D eigenvalue weighted by atomic mass is 10.1. The highest BCUT2D eigenvalue weighted by atomic mass is 19.4. The lowest BCUT2D eigenvalue weighted by Crippen LogP contribution is -2.26. The minimum Gasteiger partial charge on any atom is -0.491 e. The van der Waals surface area contributed by atoms with Gasteiger partial charge in [-0.15, -0.1) is 0 Å². The second-order valence-corrected chi connectivity index (χ2v) is 7.95. The van der Waals surface area contributed by atoms with E-state index >= 15 is 0 Å². The first-order valence-corrected chi connectivity index (χ1v) is 11.0. The number of hydrogen-bond acceptors (Lipinski definition) is 6. The number of ether oxygens (including phenoxy) is 1. The molecule has 1 N–H and O–H groups in total. The zero-order valence-electron chi connectivity index (χ0n) is 19.6. The number of nitrogens with one attached hydrogen (secondary N) is 1. The Balaban J connectivity index is 1.75. The van der Waals surface area contributed by atoms with Gasteiger partial charge >= 0.3 is 6.18 Å². The van der Waals surface area contributed by atoms with Gasteiger partial charge in [-0.05, 0) is 36.8 Å². The van der Waals surface area contributed by atoms with Crippen LogP contribution >= 0.6 is 0 Å². The normalized spacial score (nSPS) is 12.8. The Hall–Kier alpha value is -4.00. The van der Waals surface area contributed by atoms with Crippen molar-refractivity contribution in [3.63, 3.8) is 0 Å². The molecule has 1 heterocycles. The van der Waals surface area contributed by atoms with Gasteiger partial charge < -0.3 is 19.9 Å². The van der Waals surface area contributed by atoms with Crippen molar-refractivity contribution >= 4 is 28.8 Å². The minimum absolute atomic E-state index is 0.103. The van der Waals surface area contributed by atoms with Crippen LogP contribution in [0.3, 0.4) is 0 Å². The number of ketones is 1. The minimum atomic E-state index is -4.59. The van der Waals surface area contributed by atoms with Gasteiger partial charge in [0.05, 0.1) is 29.2 Å². The maximum absolute atomic E-state index is 13.1. The van der Waals surface area contributed by atoms with Crippen molar-refractivity contribution in [2.24, 2.45) is 0 Å². The molecular formula is C25H25F3N4O3. The molecular weight excluding hydrogens is 461 g/mol. The Morgan fingerprint density at radius 2 is 1.69 bits per heavy atom. The largest absolute Gasteiger partial charge is 0.491 e. The van der Waals surface area contributed by atoms with Crippen LogP contribution in [0.4, 0.5) is 30.2 Å². The number of benzene rings is 2. The molecule has 0 radical (unpaired) electrons. The summed E-state index contributed by atoms with van der Waals surface area (Å²) in [5.41, 5.74) is 0.483. The smallest absolute Gasteiger partial charge is 0.416 e. The molecule has 7 nitrogen and oxygen atoms in total. The average molecular weight is 486 g/mol. The van der Waals surface area contributed by atoms with Crippen LogP contribution in [0.15, 0.2) is 53.9 Å². The SMILES string of the molecule is CCCOc1ccc(C(F)(F)F)cc1NC(=O)CCC(=O)C(C#N)=C1N(C)c2ccccc2N1C. The number of allylic oxidation sites excluding steroid dienone is 1. The molecule has 0 aliphatic carbocycles. The van der Waals surface area contributed by atoms with E-state index < -0.39 is 23.4 Å². The second kappa shape index (κ2) is 10.5. The Labute approximate surface area is 201 Å². The number of Topliss-reactive ketones (excluding diaryl/α,β-unsaturated/α-hetero) is 1. The third-order valence-electron chi connectivity index (χ3n) is 5.48. The van der Waals surface area contributed by atoms with Crippen LogP contribution in [0.2, 0.25) is 0 Å². The topological polar surface area (TPSA) is 85.7 Å². The molecule has 10 heteroatoms. The molecule has 0 bridgehead atoms. The fourth-order valence-electron chi connectivity index (χ4n) is 3.76. The zero-order valence-corrected chi connectivity index (χ0v) is 19.6. The van der Waals surface area contributed by atoms with E-state index in [1.165, 1.54) is 0 Å².